The Hall–Kier alpha value is -2.17. The first-order chi connectivity index (χ1) is 9.61. The molecule has 1 aliphatic heterocycles. The summed E-state index contributed by atoms with van der Waals surface area (Å²) in [6, 6.07) is 6.69. The topological polar surface area (TPSA) is 63.7 Å². The number of ether oxygens (including phenoxy) is 1. The summed E-state index contributed by atoms with van der Waals surface area (Å²) in [6.45, 7) is 2.31. The molecule has 1 atom stereocenters. The number of esters is 1. The van der Waals surface area contributed by atoms with Gasteiger partial charge in [-0.2, -0.15) is 0 Å². The van der Waals surface area contributed by atoms with Crippen molar-refractivity contribution in [3.05, 3.63) is 35.4 Å². The van der Waals surface area contributed by atoms with Gasteiger partial charge in [0.1, 0.15) is 0 Å². The van der Waals surface area contributed by atoms with Crippen LogP contribution in [0.25, 0.3) is 0 Å². The van der Waals surface area contributed by atoms with Gasteiger partial charge in [-0.15, -0.1) is 0 Å². The number of carbonyl (C=O) groups is 3. The van der Waals surface area contributed by atoms with Crippen LogP contribution >= 0.6 is 0 Å². The first-order valence-corrected chi connectivity index (χ1v) is 6.64. The predicted molar refractivity (Wildman–Crippen MR) is 72.2 cm³/mol. The zero-order chi connectivity index (χ0) is 14.7. The van der Waals surface area contributed by atoms with Crippen LogP contribution < -0.4 is 0 Å². The zero-order valence-electron chi connectivity index (χ0n) is 11.6. The van der Waals surface area contributed by atoms with Crippen molar-refractivity contribution in [1.82, 2.24) is 4.90 Å². The summed E-state index contributed by atoms with van der Waals surface area (Å²) in [7, 11) is 1.24. The first kappa shape index (κ1) is 14.2. The third-order valence-electron chi connectivity index (χ3n) is 3.43. The van der Waals surface area contributed by atoms with Gasteiger partial charge in [0.25, 0.3) is 5.91 Å². The van der Waals surface area contributed by atoms with E-state index in [1.165, 1.54) is 7.11 Å². The maximum Gasteiger partial charge on any atom is 0.322 e. The molecule has 1 aliphatic rings. The van der Waals surface area contributed by atoms with Crippen LogP contribution in [0.1, 0.15) is 41.6 Å². The van der Waals surface area contributed by atoms with E-state index in [1.807, 2.05) is 6.92 Å². The van der Waals surface area contributed by atoms with Crippen molar-refractivity contribution in [3.8, 4) is 0 Å². The van der Waals surface area contributed by atoms with E-state index in [0.717, 1.165) is 11.3 Å². The Bertz CT molecular complexity index is 553. The summed E-state index contributed by atoms with van der Waals surface area (Å²) >= 11 is 0. The second-order valence-corrected chi connectivity index (χ2v) is 4.69. The molecule has 106 valence electrons. The molecule has 5 heteroatoms. The van der Waals surface area contributed by atoms with E-state index in [4.69, 9.17) is 4.74 Å². The zero-order valence-corrected chi connectivity index (χ0v) is 11.6. The number of hydrogen-bond acceptors (Lipinski definition) is 4. The fourth-order valence-electron chi connectivity index (χ4n) is 2.35. The van der Waals surface area contributed by atoms with Crippen LogP contribution in [0.3, 0.4) is 0 Å². The number of hydrogen-bond donors (Lipinski definition) is 0. The van der Waals surface area contributed by atoms with Crippen molar-refractivity contribution in [1.29, 1.82) is 0 Å². The fourth-order valence-corrected chi connectivity index (χ4v) is 2.35. The molecule has 1 unspecified atom stereocenters. The minimum absolute atomic E-state index is 0.329. The van der Waals surface area contributed by atoms with Crippen LogP contribution in [0.15, 0.2) is 24.3 Å². The normalized spacial score (nSPS) is 17.9. The van der Waals surface area contributed by atoms with Crippen LogP contribution in [0.4, 0.5) is 0 Å². The maximum absolute atomic E-state index is 12.4. The molecule has 0 saturated heterocycles. The molecule has 2 amide bonds. The Morgan fingerprint density at radius 3 is 2.65 bits per heavy atom. The highest BCUT2D eigenvalue weighted by atomic mass is 16.5. The highest BCUT2D eigenvalue weighted by Crippen LogP contribution is 2.30. The standard InChI is InChI=1S/C15H17NO4/c1-3-4-9-16-13(17)11-8-6-5-7-10(11)12(14(16)18)15(19)20-2/h5-8,12H,3-4,9H2,1-2H3. The minimum atomic E-state index is -1.04. The van der Waals surface area contributed by atoms with Crippen molar-refractivity contribution >= 4 is 17.8 Å². The SMILES string of the molecule is CCCCN1C(=O)c2ccccc2C(C(=O)OC)C1=O. The van der Waals surface area contributed by atoms with Crippen molar-refractivity contribution in [2.75, 3.05) is 13.7 Å². The van der Waals surface area contributed by atoms with E-state index >= 15 is 0 Å². The maximum atomic E-state index is 12.4. The van der Waals surface area contributed by atoms with Crippen LogP contribution in [-0.4, -0.2) is 36.3 Å². The molecule has 20 heavy (non-hydrogen) atoms. The lowest BCUT2D eigenvalue weighted by Crippen LogP contribution is -2.47. The summed E-state index contributed by atoms with van der Waals surface area (Å²) < 4.78 is 4.71. The third-order valence-corrected chi connectivity index (χ3v) is 3.43. The largest absolute Gasteiger partial charge is 0.468 e. The van der Waals surface area contributed by atoms with Gasteiger partial charge in [-0.25, -0.2) is 0 Å². The third kappa shape index (κ3) is 2.31. The van der Waals surface area contributed by atoms with Gasteiger partial charge >= 0.3 is 5.97 Å². The van der Waals surface area contributed by atoms with Crippen molar-refractivity contribution < 1.29 is 19.1 Å². The molecule has 5 nitrogen and oxygen atoms in total. The van der Waals surface area contributed by atoms with Gasteiger partial charge in [-0.05, 0) is 18.1 Å². The number of imide groups is 1. The number of rotatable bonds is 4. The van der Waals surface area contributed by atoms with Gasteiger partial charge < -0.3 is 4.74 Å². The van der Waals surface area contributed by atoms with E-state index in [9.17, 15) is 14.4 Å². The van der Waals surface area contributed by atoms with Crippen LogP contribution in [0.5, 0.6) is 0 Å². The Morgan fingerprint density at radius 2 is 2.00 bits per heavy atom. The van der Waals surface area contributed by atoms with E-state index in [1.54, 1.807) is 24.3 Å². The lowest BCUT2D eigenvalue weighted by atomic mass is 9.88. The van der Waals surface area contributed by atoms with Crippen LogP contribution in [0.2, 0.25) is 0 Å². The molecular weight excluding hydrogens is 258 g/mol. The molecule has 0 aromatic heterocycles. The molecule has 1 aromatic rings. The summed E-state index contributed by atoms with van der Waals surface area (Å²) in [5.74, 6) is -2.49. The van der Waals surface area contributed by atoms with Crippen LogP contribution in [-0.2, 0) is 14.3 Å². The van der Waals surface area contributed by atoms with Gasteiger partial charge in [-0.1, -0.05) is 31.5 Å². The monoisotopic (exact) mass is 275 g/mol. The second kappa shape index (κ2) is 5.86. The Labute approximate surface area is 117 Å². The van der Waals surface area contributed by atoms with Crippen LogP contribution in [0, 0.1) is 0 Å². The van der Waals surface area contributed by atoms with Crippen molar-refractivity contribution in [3.63, 3.8) is 0 Å². The highest BCUT2D eigenvalue weighted by Gasteiger charge is 2.42. The van der Waals surface area contributed by atoms with Gasteiger partial charge in [-0.3, -0.25) is 19.3 Å². The fraction of sp³-hybridized carbons (Fsp3) is 0.400. The van der Waals surface area contributed by atoms with E-state index in [2.05, 4.69) is 0 Å². The summed E-state index contributed by atoms with van der Waals surface area (Å²) in [5, 5.41) is 0. The van der Waals surface area contributed by atoms with E-state index in [-0.39, 0.29) is 5.91 Å². The van der Waals surface area contributed by atoms with Gasteiger partial charge in [0.2, 0.25) is 5.91 Å². The summed E-state index contributed by atoms with van der Waals surface area (Å²) in [6.07, 6.45) is 1.58. The molecule has 0 aliphatic carbocycles. The molecule has 0 radical (unpaired) electrons. The lowest BCUT2D eigenvalue weighted by Gasteiger charge is -2.31. The highest BCUT2D eigenvalue weighted by molar-refractivity contribution is 6.18. The molecule has 1 heterocycles. The summed E-state index contributed by atoms with van der Waals surface area (Å²) in [4.78, 5) is 37.8. The molecule has 0 fully saturated rings. The molecule has 0 N–H and O–H groups in total. The molecular formula is C15H17NO4. The average molecular weight is 275 g/mol. The van der Waals surface area contributed by atoms with Crippen molar-refractivity contribution in [2.24, 2.45) is 0 Å². The number of carbonyl (C=O) groups excluding carboxylic acids is 3. The van der Waals surface area contributed by atoms with Gasteiger partial charge in [0.05, 0.1) is 7.11 Å². The van der Waals surface area contributed by atoms with E-state index < -0.39 is 17.8 Å². The number of fused-ring (bicyclic) bond motifs is 1. The number of benzene rings is 1. The van der Waals surface area contributed by atoms with Gasteiger partial charge in [0.15, 0.2) is 5.92 Å². The Kier molecular flexibility index (Phi) is 4.17. The van der Waals surface area contributed by atoms with E-state index in [0.29, 0.717) is 24.1 Å². The number of methoxy groups -OCH3 is 1. The summed E-state index contributed by atoms with van der Waals surface area (Å²) in [5.41, 5.74) is 0.834. The van der Waals surface area contributed by atoms with Gasteiger partial charge in [0, 0.05) is 12.1 Å². The van der Waals surface area contributed by atoms with Crippen molar-refractivity contribution in [2.45, 2.75) is 25.7 Å². The smallest absolute Gasteiger partial charge is 0.322 e. The lowest BCUT2D eigenvalue weighted by molar-refractivity contribution is -0.148. The Balaban J connectivity index is 2.47. The molecule has 0 bridgehead atoms. The predicted octanol–water partition coefficient (Wildman–Crippen LogP) is 1.73. The number of unbranched alkanes of at least 4 members (excludes halogenated alkanes) is 1. The quantitative estimate of drug-likeness (QED) is 0.477. The number of nitrogens with zero attached hydrogens (tertiary/aromatic N) is 1. The molecule has 1 aromatic carbocycles. The molecule has 0 spiro atoms. The molecule has 0 saturated carbocycles. The first-order valence-electron chi connectivity index (χ1n) is 6.64. The number of amides is 2. The Morgan fingerprint density at radius 1 is 1.30 bits per heavy atom. The minimum Gasteiger partial charge on any atom is -0.468 e. The average Bonchev–Trinajstić information content (AvgIpc) is 2.47. The second-order valence-electron chi connectivity index (χ2n) is 4.69. The molecule has 2 rings (SSSR count).